The van der Waals surface area contributed by atoms with Gasteiger partial charge in [0.15, 0.2) is 17.9 Å². The van der Waals surface area contributed by atoms with Gasteiger partial charge in [0.1, 0.15) is 17.1 Å². The van der Waals surface area contributed by atoms with Crippen LogP contribution in [-0.2, 0) is 30.2 Å². The van der Waals surface area contributed by atoms with E-state index in [1.54, 1.807) is 20.8 Å². The van der Waals surface area contributed by atoms with Crippen LogP contribution in [0.25, 0.3) is 0 Å². The van der Waals surface area contributed by atoms with Gasteiger partial charge in [-0.25, -0.2) is 0 Å². The lowest BCUT2D eigenvalue weighted by molar-refractivity contribution is -0.291. The van der Waals surface area contributed by atoms with Crippen molar-refractivity contribution in [3.63, 3.8) is 0 Å². The van der Waals surface area contributed by atoms with E-state index in [-0.39, 0.29) is 41.5 Å². The third-order valence-corrected chi connectivity index (χ3v) is 8.97. The number of Topliss-reactive ketones (excluding diaryl/α,β-unsaturated/α-hetero) is 2. The number of ether oxygens (including phenoxy) is 4. The lowest BCUT2D eigenvalue weighted by Crippen LogP contribution is -2.67. The van der Waals surface area contributed by atoms with Gasteiger partial charge >= 0.3 is 5.97 Å². The third kappa shape index (κ3) is 3.77. The maximum absolute atomic E-state index is 14.1. The van der Waals surface area contributed by atoms with Gasteiger partial charge in [-0.15, -0.1) is 0 Å². The standard InChI is InChI=1S/C28H32O12/c1-9-14(29)4-5-18(38-9)40-16-8-15-20-23(28(16,36)11(3)39-15)27(35)22-21(26(20)34)24(32)13-6-12(7-17(30)31)37-10(2)19(13)25(22)33/h9-12,14-16,18,29,32-33,36H,4-8H2,1-3H3,(H,30,31)/t9-,10-,11+,12+,14-,15+,16+,18-,28+/m0/s1. The number of rotatable bonds is 4. The van der Waals surface area contributed by atoms with Gasteiger partial charge in [0, 0.05) is 41.5 Å². The molecule has 12 heteroatoms. The number of carboxylic acids is 1. The molecule has 6 aliphatic rings. The van der Waals surface area contributed by atoms with Crippen LogP contribution in [0.3, 0.4) is 0 Å². The fourth-order valence-electron chi connectivity index (χ4n) is 7.00. The molecule has 2 aliphatic carbocycles. The first-order valence-electron chi connectivity index (χ1n) is 13.5. The first-order chi connectivity index (χ1) is 18.8. The highest BCUT2D eigenvalue weighted by molar-refractivity contribution is 6.30. The number of carboxylic acid groups (broad SMARTS) is 1. The first kappa shape index (κ1) is 27.3. The Bertz CT molecular complexity index is 1350. The molecule has 0 radical (unpaired) electrons. The van der Waals surface area contributed by atoms with E-state index in [0.717, 1.165) is 0 Å². The van der Waals surface area contributed by atoms with Gasteiger partial charge in [-0.05, 0) is 27.2 Å². The Morgan fingerprint density at radius 2 is 1.73 bits per heavy atom. The fourth-order valence-corrected chi connectivity index (χ4v) is 7.00. The van der Waals surface area contributed by atoms with Crippen molar-refractivity contribution >= 4 is 17.5 Å². The molecule has 2 bridgehead atoms. The molecule has 2 saturated heterocycles. The summed E-state index contributed by atoms with van der Waals surface area (Å²) in [4.78, 5) is 39.3. The number of benzene rings is 1. The second-order valence-corrected chi connectivity index (χ2v) is 11.4. The van der Waals surface area contributed by atoms with Gasteiger partial charge in [-0.2, -0.15) is 0 Å². The minimum atomic E-state index is -2.07. The highest BCUT2D eigenvalue weighted by Gasteiger charge is 2.63. The van der Waals surface area contributed by atoms with Crippen LogP contribution >= 0.6 is 0 Å². The Morgan fingerprint density at radius 1 is 1.02 bits per heavy atom. The average molecular weight is 561 g/mol. The molecule has 0 unspecified atom stereocenters. The number of hydrogen-bond donors (Lipinski definition) is 5. The zero-order valence-corrected chi connectivity index (χ0v) is 22.2. The second-order valence-electron chi connectivity index (χ2n) is 11.4. The number of aliphatic hydroxyl groups excluding tert-OH is 1. The van der Waals surface area contributed by atoms with Gasteiger partial charge in [-0.1, -0.05) is 0 Å². The number of carbonyl (C=O) groups excluding carboxylic acids is 2. The molecule has 0 saturated carbocycles. The van der Waals surface area contributed by atoms with Gasteiger partial charge in [0.25, 0.3) is 0 Å². The first-order valence-corrected chi connectivity index (χ1v) is 13.5. The molecule has 0 amide bonds. The van der Waals surface area contributed by atoms with Crippen LogP contribution in [0.15, 0.2) is 11.1 Å². The smallest absolute Gasteiger partial charge is 0.305 e. The maximum Gasteiger partial charge on any atom is 0.305 e. The van der Waals surface area contributed by atoms with E-state index in [1.165, 1.54) is 0 Å². The summed E-state index contributed by atoms with van der Waals surface area (Å²) in [5.41, 5.74) is -3.00. The molecule has 0 aromatic heterocycles. The second kappa shape index (κ2) is 9.33. The number of fused-ring (bicyclic) bond motifs is 4. The van der Waals surface area contributed by atoms with Crippen LogP contribution in [0.1, 0.15) is 84.4 Å². The van der Waals surface area contributed by atoms with Crippen LogP contribution < -0.4 is 0 Å². The summed E-state index contributed by atoms with van der Waals surface area (Å²) in [6.45, 7) is 4.83. The molecular formula is C28H32O12. The van der Waals surface area contributed by atoms with Gasteiger partial charge in [0.05, 0.1) is 60.3 Å². The number of phenolic OH excluding ortho intramolecular Hbond substituents is 2. The molecule has 9 atom stereocenters. The zero-order chi connectivity index (χ0) is 28.8. The Hall–Kier alpha value is -2.87. The molecule has 40 heavy (non-hydrogen) atoms. The summed E-state index contributed by atoms with van der Waals surface area (Å²) < 4.78 is 23.6. The zero-order valence-electron chi connectivity index (χ0n) is 22.2. The molecule has 1 aromatic rings. The Morgan fingerprint density at radius 3 is 2.40 bits per heavy atom. The average Bonchev–Trinajstić information content (AvgIpc) is 2.87. The predicted octanol–water partition coefficient (Wildman–Crippen LogP) is 1.44. The molecule has 216 valence electrons. The van der Waals surface area contributed by atoms with Crippen LogP contribution in [0.5, 0.6) is 11.5 Å². The summed E-state index contributed by atoms with van der Waals surface area (Å²) in [5, 5.41) is 53.9. The molecule has 5 N–H and O–H groups in total. The summed E-state index contributed by atoms with van der Waals surface area (Å²) in [6, 6.07) is 0. The number of aliphatic carboxylic acids is 1. The van der Waals surface area contributed by atoms with Crippen molar-refractivity contribution in [1.82, 2.24) is 0 Å². The Kier molecular flexibility index (Phi) is 6.37. The van der Waals surface area contributed by atoms with Crippen molar-refractivity contribution in [2.45, 2.75) is 107 Å². The molecule has 4 heterocycles. The van der Waals surface area contributed by atoms with Gasteiger partial charge in [-0.3, -0.25) is 14.4 Å². The van der Waals surface area contributed by atoms with Crippen molar-refractivity contribution in [1.29, 1.82) is 0 Å². The van der Waals surface area contributed by atoms with Crippen molar-refractivity contribution in [3.05, 3.63) is 33.4 Å². The van der Waals surface area contributed by atoms with Crippen LogP contribution in [-0.4, -0.2) is 91.6 Å². The van der Waals surface area contributed by atoms with Crippen LogP contribution in [0.4, 0.5) is 0 Å². The maximum atomic E-state index is 14.1. The number of phenols is 2. The molecule has 0 spiro atoms. The SMILES string of the molecule is C[C@@H]1O[C@@H](CC(=O)O)Cc2c(O)c3c(c(O)c21)C(=O)C1=C(C3=O)[C@H]2C[C@@H](O[C@H]3CC[C@H](O)[C@H](C)O3)[C@]1(O)[C@@H](C)O2. The van der Waals surface area contributed by atoms with Crippen LogP contribution in [0, 0.1) is 0 Å². The summed E-state index contributed by atoms with van der Waals surface area (Å²) in [7, 11) is 0. The Labute approximate surface area is 229 Å². The van der Waals surface area contributed by atoms with Gasteiger partial charge in [0.2, 0.25) is 0 Å². The number of aliphatic hydroxyl groups is 2. The lowest BCUT2D eigenvalue weighted by atomic mass is 9.63. The van der Waals surface area contributed by atoms with Crippen molar-refractivity contribution in [3.8, 4) is 11.5 Å². The highest BCUT2D eigenvalue weighted by atomic mass is 16.7. The quantitative estimate of drug-likeness (QED) is 0.334. The summed E-state index contributed by atoms with van der Waals surface area (Å²) >= 11 is 0. The van der Waals surface area contributed by atoms with Crippen molar-refractivity contribution in [2.24, 2.45) is 0 Å². The van der Waals surface area contributed by atoms with E-state index in [4.69, 9.17) is 18.9 Å². The number of aromatic hydroxyl groups is 2. The number of ketones is 2. The molecular weight excluding hydrogens is 528 g/mol. The topological polar surface area (TPSA) is 189 Å². The Balaban J connectivity index is 1.43. The predicted molar refractivity (Wildman–Crippen MR) is 133 cm³/mol. The normalized spacial score (nSPS) is 38.6. The minimum Gasteiger partial charge on any atom is -0.507 e. The molecule has 7 rings (SSSR count). The molecule has 1 aromatic carbocycles. The number of carbonyl (C=O) groups is 3. The van der Waals surface area contributed by atoms with Crippen molar-refractivity contribution < 1.29 is 58.9 Å². The van der Waals surface area contributed by atoms with E-state index in [9.17, 15) is 39.9 Å². The van der Waals surface area contributed by atoms with E-state index in [2.05, 4.69) is 0 Å². The summed E-state index contributed by atoms with van der Waals surface area (Å²) in [6.07, 6.45) is -6.08. The van der Waals surface area contributed by atoms with E-state index in [0.29, 0.717) is 12.8 Å². The van der Waals surface area contributed by atoms with Gasteiger partial charge < -0.3 is 44.5 Å². The molecule has 4 aliphatic heterocycles. The monoisotopic (exact) mass is 560 g/mol. The number of hydrogen-bond acceptors (Lipinski definition) is 11. The van der Waals surface area contributed by atoms with Crippen LogP contribution in [0.2, 0.25) is 0 Å². The minimum absolute atomic E-state index is 0.0358. The fraction of sp³-hybridized carbons (Fsp3) is 0.607. The largest absolute Gasteiger partial charge is 0.507 e. The van der Waals surface area contributed by atoms with E-state index in [1.807, 2.05) is 0 Å². The highest BCUT2D eigenvalue weighted by Crippen LogP contribution is 2.55. The van der Waals surface area contributed by atoms with Crippen molar-refractivity contribution in [2.75, 3.05) is 0 Å². The summed E-state index contributed by atoms with van der Waals surface area (Å²) in [5.74, 6) is -3.76. The van der Waals surface area contributed by atoms with E-state index >= 15 is 0 Å². The lowest BCUT2D eigenvalue weighted by Gasteiger charge is -2.54. The third-order valence-electron chi connectivity index (χ3n) is 8.97. The molecule has 2 fully saturated rings. The van der Waals surface area contributed by atoms with E-state index < -0.39 is 94.8 Å². The molecule has 12 nitrogen and oxygen atoms in total.